The zero-order valence-corrected chi connectivity index (χ0v) is 45.8. The Morgan fingerprint density at radius 1 is 0.569 bits per heavy atom. The molecule has 394 valence electrons. The van der Waals surface area contributed by atoms with Gasteiger partial charge in [-0.1, -0.05) is 76.8 Å². The lowest BCUT2D eigenvalue weighted by atomic mass is 9.70. The summed E-state index contributed by atoms with van der Waals surface area (Å²) >= 11 is 4.15. The van der Waals surface area contributed by atoms with Gasteiger partial charge < -0.3 is 20.9 Å². The minimum Gasteiger partial charge on any atom is -0.444 e. The van der Waals surface area contributed by atoms with Crippen LogP contribution in [0.5, 0.6) is 0 Å². The molecule has 0 aromatic heterocycles. The number of anilines is 1. The third kappa shape index (κ3) is 13.7. The highest BCUT2D eigenvalue weighted by Crippen LogP contribution is 2.52. The maximum Gasteiger partial charge on any atom is 0.413 e. The number of carbonyl (C=O) groups is 2. The molecule has 3 atom stereocenters. The number of aliphatic imine (C=N–C) groups is 3. The number of non-ortho nitro benzene ring substituents is 2. The second-order valence-electron chi connectivity index (χ2n) is 21.9. The number of benzene rings is 3. The average Bonchev–Trinajstić information content (AvgIpc) is 3.22. The number of nitrogens with zero attached hydrogens (tertiary/aromatic N) is 5. The molecule has 3 aliphatic heterocycles. The van der Waals surface area contributed by atoms with E-state index in [0.717, 1.165) is 24.3 Å². The Morgan fingerprint density at radius 3 is 1.24 bits per heavy atom. The summed E-state index contributed by atoms with van der Waals surface area (Å²) in [7, 11) is 0. The highest BCUT2D eigenvalue weighted by Gasteiger charge is 2.50. The minimum absolute atomic E-state index is 0.116. The fourth-order valence-electron chi connectivity index (χ4n) is 7.45. The van der Waals surface area contributed by atoms with Crippen LogP contribution in [0.25, 0.3) is 0 Å². The molecule has 3 aromatic carbocycles. The monoisotopic (exact) mass is 1060 g/mol. The molecule has 2 amide bonds. The van der Waals surface area contributed by atoms with Gasteiger partial charge in [-0.3, -0.25) is 45.8 Å². The number of amides is 2. The van der Waals surface area contributed by atoms with Crippen LogP contribution in [-0.4, -0.2) is 66.0 Å². The van der Waals surface area contributed by atoms with Crippen molar-refractivity contribution in [2.45, 2.75) is 132 Å². The molecule has 3 aliphatic rings. The average molecular weight is 1060 g/mol. The van der Waals surface area contributed by atoms with Gasteiger partial charge in [-0.25, -0.2) is 22.8 Å². The molecule has 6 rings (SSSR count). The van der Waals surface area contributed by atoms with Gasteiger partial charge in [-0.15, -0.1) is 0 Å². The number of nitro groups is 2. The van der Waals surface area contributed by atoms with Crippen molar-refractivity contribution in [2.75, 3.05) is 23.0 Å². The lowest BCUT2D eigenvalue weighted by Crippen LogP contribution is -2.47. The Labute approximate surface area is 431 Å². The van der Waals surface area contributed by atoms with Crippen molar-refractivity contribution in [1.29, 1.82) is 0 Å². The van der Waals surface area contributed by atoms with Crippen molar-refractivity contribution in [3.8, 4) is 0 Å². The van der Waals surface area contributed by atoms with Crippen molar-refractivity contribution in [3.63, 3.8) is 0 Å². The number of nitro benzene ring substituents is 2. The molecule has 0 aliphatic carbocycles. The molecule has 0 bridgehead atoms. The predicted octanol–water partition coefficient (Wildman–Crippen LogP) is 11.9. The largest absolute Gasteiger partial charge is 0.444 e. The van der Waals surface area contributed by atoms with E-state index >= 15 is 0 Å². The summed E-state index contributed by atoms with van der Waals surface area (Å²) in [6.45, 7) is 27.7. The number of nitrogens with two attached hydrogens (primary N) is 2. The van der Waals surface area contributed by atoms with Crippen LogP contribution in [0, 0.1) is 53.9 Å². The maximum absolute atomic E-state index is 14.6. The van der Waals surface area contributed by atoms with Crippen LogP contribution in [0.2, 0.25) is 0 Å². The first-order chi connectivity index (χ1) is 32.8. The topological polar surface area (TPSA) is 252 Å². The summed E-state index contributed by atoms with van der Waals surface area (Å²) in [5.41, 5.74) is 7.06. The highest BCUT2D eigenvalue weighted by molar-refractivity contribution is 8.14. The number of ether oxygens (including phenoxy) is 2. The molecule has 72 heavy (non-hydrogen) atoms. The smallest absolute Gasteiger partial charge is 0.413 e. The normalized spacial score (nSPS) is 23.2. The molecule has 0 spiro atoms. The first-order valence-corrected chi connectivity index (χ1v) is 25.6. The van der Waals surface area contributed by atoms with Crippen LogP contribution in [-0.2, 0) is 26.1 Å². The molecule has 3 heterocycles. The van der Waals surface area contributed by atoms with Gasteiger partial charge in [0.05, 0.1) is 26.5 Å². The van der Waals surface area contributed by atoms with Crippen molar-refractivity contribution in [3.05, 3.63) is 109 Å². The number of carbonyl (C=O) groups excluding carboxylic acids is 2. The molecule has 3 aromatic rings. The Morgan fingerprint density at radius 2 is 0.889 bits per heavy atom. The summed E-state index contributed by atoms with van der Waals surface area (Å²) in [6, 6.07) is 11.4. The van der Waals surface area contributed by atoms with Gasteiger partial charge in [0.25, 0.3) is 11.4 Å². The molecule has 0 saturated heterocycles. The number of halogens is 3. The number of nitrogens with one attached hydrogen (secondary N) is 2. The summed E-state index contributed by atoms with van der Waals surface area (Å²) < 4.78 is 53.8. The van der Waals surface area contributed by atoms with E-state index < -0.39 is 66.9 Å². The quantitative estimate of drug-likeness (QED) is 0.106. The van der Waals surface area contributed by atoms with E-state index in [1.807, 2.05) is 48.5 Å². The Balaban J connectivity index is 0.000000237. The number of thioether (sulfide) groups is 3. The molecule has 0 saturated carbocycles. The summed E-state index contributed by atoms with van der Waals surface area (Å²) in [6.07, 6.45) is -1.23. The number of nitrogen functional groups attached to an aromatic ring is 1. The van der Waals surface area contributed by atoms with Crippen LogP contribution in [0.15, 0.2) is 69.6 Å². The van der Waals surface area contributed by atoms with Crippen LogP contribution >= 0.6 is 35.3 Å². The van der Waals surface area contributed by atoms with Gasteiger partial charge >= 0.3 is 12.2 Å². The molecule has 0 unspecified atom stereocenters. The van der Waals surface area contributed by atoms with E-state index in [1.165, 1.54) is 59.6 Å². The van der Waals surface area contributed by atoms with E-state index in [9.17, 15) is 43.0 Å². The molecule has 6 N–H and O–H groups in total. The van der Waals surface area contributed by atoms with Crippen LogP contribution in [0.4, 0.5) is 39.8 Å². The molecular weight excluding hydrogens is 996 g/mol. The number of hydrogen-bond donors (Lipinski definition) is 4. The van der Waals surface area contributed by atoms with E-state index in [-0.39, 0.29) is 44.3 Å². The van der Waals surface area contributed by atoms with Gasteiger partial charge in [-0.05, 0) is 92.6 Å². The Kier molecular flexibility index (Phi) is 17.6. The second kappa shape index (κ2) is 21.5. The Hall–Kier alpha value is -5.55. The number of alkyl carbamates (subject to hydrolysis) is 2. The maximum atomic E-state index is 14.6. The second-order valence-corrected chi connectivity index (χ2v) is 24.8. The third-order valence-electron chi connectivity index (χ3n) is 12.8. The highest BCUT2D eigenvalue weighted by atomic mass is 32.2. The lowest BCUT2D eigenvalue weighted by Gasteiger charge is -2.45. The summed E-state index contributed by atoms with van der Waals surface area (Å²) in [5, 5.41) is 28.4. The molecular formula is C49H66F3N9O8S3. The lowest BCUT2D eigenvalue weighted by molar-refractivity contribution is -0.385. The van der Waals surface area contributed by atoms with Gasteiger partial charge in [0, 0.05) is 80.1 Å². The molecule has 0 radical (unpaired) electrons. The van der Waals surface area contributed by atoms with Gasteiger partial charge in [-0.2, -0.15) is 0 Å². The number of amidine groups is 3. The van der Waals surface area contributed by atoms with Gasteiger partial charge in [0.1, 0.15) is 28.7 Å². The third-order valence-corrected chi connectivity index (χ3v) is 16.7. The Bertz CT molecular complexity index is 2690. The van der Waals surface area contributed by atoms with E-state index in [4.69, 9.17) is 20.9 Å². The van der Waals surface area contributed by atoms with Crippen LogP contribution in [0.3, 0.4) is 0 Å². The fourth-order valence-corrected chi connectivity index (χ4v) is 10.9. The number of hydrogen-bond acceptors (Lipinski definition) is 16. The first kappa shape index (κ1) is 59.0. The molecule has 0 fully saturated rings. The predicted molar refractivity (Wildman–Crippen MR) is 283 cm³/mol. The van der Waals surface area contributed by atoms with E-state index in [1.54, 1.807) is 61.5 Å². The summed E-state index contributed by atoms with van der Waals surface area (Å²) in [5.74, 6) is 0.406. The van der Waals surface area contributed by atoms with Crippen molar-refractivity contribution < 1.29 is 42.1 Å². The molecule has 17 nitrogen and oxygen atoms in total. The zero-order valence-electron chi connectivity index (χ0n) is 43.3. The van der Waals surface area contributed by atoms with Gasteiger partial charge in [0.15, 0.2) is 15.5 Å². The van der Waals surface area contributed by atoms with Gasteiger partial charge in [0.2, 0.25) is 0 Å². The van der Waals surface area contributed by atoms with Crippen molar-refractivity contribution in [2.24, 2.45) is 37.0 Å². The van der Waals surface area contributed by atoms with E-state index in [0.29, 0.717) is 38.8 Å². The standard InChI is InChI=1S/C18H24FN3O4S.C18H26FN3O2S.C13H16FN3O2S/c1-16(2,3)26-15(23)20-14-21-18(6,17(4,5)10-27-14)12-9-11(22(24)25)7-8-13(12)19;1-16(2,3)24-15(23)21-14-22-18(6,17(4,5)10-25-14)12-9-11(20)7-8-13(12)19;1-12(2)7-20-11(15)16-13(12,3)9-6-8(17(18)19)4-5-10(9)14/h7-9H,10H2,1-6H3,(H,20,21,23);7-9H,10,20H2,1-6H3,(H,21,22,23);4-6H,7H2,1-3H3,(H2,15,16)/t2*18-;13-/m111/s1. The molecule has 23 heteroatoms. The van der Waals surface area contributed by atoms with Crippen molar-refractivity contribution in [1.82, 2.24) is 10.6 Å². The number of rotatable bonds is 5. The summed E-state index contributed by atoms with van der Waals surface area (Å²) in [4.78, 5) is 58.7. The van der Waals surface area contributed by atoms with Crippen LogP contribution in [0.1, 0.15) is 121 Å². The van der Waals surface area contributed by atoms with E-state index in [2.05, 4.69) is 25.6 Å². The van der Waals surface area contributed by atoms with Crippen molar-refractivity contribution >= 4 is 80.0 Å². The fraction of sp³-hybridized carbons (Fsp3) is 0.531. The SMILES string of the molecule is CC(C)(C)OC(=O)NC1=N[C@](C)(c2cc(N)ccc2F)C(C)(C)CS1.CC(C)(C)OC(=O)NC1=N[C@](C)(c2cc([N+](=O)[O-])ccc2F)C(C)(C)CS1.CC1(C)CSC(N)=N[C@]1(C)c1cc([N+](=O)[O-])ccc1F. The zero-order chi connectivity index (χ0) is 54.8. The van der Waals surface area contributed by atoms with Crippen LogP contribution < -0.4 is 22.1 Å². The first-order valence-electron chi connectivity index (χ1n) is 22.6. The minimum atomic E-state index is -1.11.